The van der Waals surface area contributed by atoms with Gasteiger partial charge in [-0.3, -0.25) is 0 Å². The Hall–Kier alpha value is -0.330. The Kier molecular flexibility index (Phi) is 6.86. The molecule has 3 nitrogen and oxygen atoms in total. The van der Waals surface area contributed by atoms with Crippen molar-refractivity contribution in [3.8, 4) is 0 Å². The second-order valence-electron chi connectivity index (χ2n) is 3.08. The van der Waals surface area contributed by atoms with Crippen LogP contribution in [-0.2, 0) is 4.74 Å². The molecule has 0 aromatic carbocycles. The van der Waals surface area contributed by atoms with Gasteiger partial charge in [0, 0.05) is 13.2 Å². The lowest BCUT2D eigenvalue weighted by molar-refractivity contribution is -0.127. The van der Waals surface area contributed by atoms with Gasteiger partial charge in [-0.25, -0.2) is 0 Å². The molecule has 1 atom stereocenters. The van der Waals surface area contributed by atoms with Crippen molar-refractivity contribution >= 4 is 0 Å². The predicted molar refractivity (Wildman–Crippen MR) is 48.0 cm³/mol. The minimum Gasteiger partial charge on any atom is -0.383 e. The highest BCUT2D eigenvalue weighted by Crippen LogP contribution is 2.13. The standard InChI is InChI=1S/C8H17F3N2O/c1-14-5-7(3-2-4-12)13-6-8(9,10)11/h7,13H,2-6,12H2,1H3. The first-order valence-electron chi connectivity index (χ1n) is 4.48. The Morgan fingerprint density at radius 2 is 2.07 bits per heavy atom. The largest absolute Gasteiger partial charge is 0.401 e. The van der Waals surface area contributed by atoms with Crippen LogP contribution in [0, 0.1) is 0 Å². The summed E-state index contributed by atoms with van der Waals surface area (Å²) >= 11 is 0. The van der Waals surface area contributed by atoms with Crippen LogP contribution in [-0.4, -0.2) is 39.0 Å². The Balaban J connectivity index is 3.72. The van der Waals surface area contributed by atoms with E-state index < -0.39 is 12.7 Å². The van der Waals surface area contributed by atoms with Gasteiger partial charge in [-0.2, -0.15) is 13.2 Å². The number of methoxy groups -OCH3 is 1. The number of ether oxygens (including phenoxy) is 1. The van der Waals surface area contributed by atoms with Gasteiger partial charge in [-0.05, 0) is 19.4 Å². The summed E-state index contributed by atoms with van der Waals surface area (Å²) < 4.78 is 40.3. The molecule has 0 saturated heterocycles. The lowest BCUT2D eigenvalue weighted by Gasteiger charge is -2.18. The molecular weight excluding hydrogens is 197 g/mol. The third kappa shape index (κ3) is 8.28. The molecule has 0 saturated carbocycles. The highest BCUT2D eigenvalue weighted by molar-refractivity contribution is 4.68. The maximum absolute atomic E-state index is 11.9. The quantitative estimate of drug-likeness (QED) is 0.661. The number of nitrogens with two attached hydrogens (primary N) is 1. The van der Waals surface area contributed by atoms with Crippen LogP contribution in [0.25, 0.3) is 0 Å². The highest BCUT2D eigenvalue weighted by atomic mass is 19.4. The van der Waals surface area contributed by atoms with Crippen molar-refractivity contribution in [1.29, 1.82) is 0 Å². The van der Waals surface area contributed by atoms with Crippen molar-refractivity contribution in [3.63, 3.8) is 0 Å². The van der Waals surface area contributed by atoms with Crippen molar-refractivity contribution in [2.75, 3.05) is 26.8 Å². The van der Waals surface area contributed by atoms with E-state index in [1.807, 2.05) is 0 Å². The van der Waals surface area contributed by atoms with E-state index >= 15 is 0 Å². The van der Waals surface area contributed by atoms with E-state index in [0.29, 0.717) is 19.4 Å². The first kappa shape index (κ1) is 13.7. The van der Waals surface area contributed by atoms with Crippen molar-refractivity contribution in [2.24, 2.45) is 5.73 Å². The second-order valence-corrected chi connectivity index (χ2v) is 3.08. The minimum absolute atomic E-state index is 0.273. The third-order valence-electron chi connectivity index (χ3n) is 1.72. The van der Waals surface area contributed by atoms with Crippen LogP contribution in [0.1, 0.15) is 12.8 Å². The van der Waals surface area contributed by atoms with Crippen LogP contribution in [0.15, 0.2) is 0 Å². The molecule has 0 heterocycles. The monoisotopic (exact) mass is 214 g/mol. The van der Waals surface area contributed by atoms with Gasteiger partial charge in [0.2, 0.25) is 0 Å². The first-order chi connectivity index (χ1) is 6.49. The first-order valence-corrected chi connectivity index (χ1v) is 4.48. The maximum atomic E-state index is 11.9. The zero-order valence-electron chi connectivity index (χ0n) is 8.23. The molecule has 0 aliphatic rings. The van der Waals surface area contributed by atoms with Crippen molar-refractivity contribution in [1.82, 2.24) is 5.32 Å². The molecule has 0 aliphatic carbocycles. The Bertz CT molecular complexity index is 141. The molecule has 6 heteroatoms. The van der Waals surface area contributed by atoms with Crippen LogP contribution >= 0.6 is 0 Å². The number of rotatable bonds is 7. The topological polar surface area (TPSA) is 47.3 Å². The van der Waals surface area contributed by atoms with Crippen molar-refractivity contribution in [2.45, 2.75) is 25.1 Å². The van der Waals surface area contributed by atoms with E-state index in [9.17, 15) is 13.2 Å². The van der Waals surface area contributed by atoms with Gasteiger partial charge in [0.25, 0.3) is 0 Å². The van der Waals surface area contributed by atoms with Gasteiger partial charge in [-0.1, -0.05) is 0 Å². The minimum atomic E-state index is -4.17. The van der Waals surface area contributed by atoms with E-state index in [4.69, 9.17) is 10.5 Å². The molecular formula is C8H17F3N2O. The molecule has 14 heavy (non-hydrogen) atoms. The summed E-state index contributed by atoms with van der Waals surface area (Å²) in [5.74, 6) is 0. The van der Waals surface area contributed by atoms with E-state index in [2.05, 4.69) is 5.32 Å². The smallest absolute Gasteiger partial charge is 0.383 e. The Morgan fingerprint density at radius 3 is 2.50 bits per heavy atom. The Labute approximate surface area is 81.8 Å². The summed E-state index contributed by atoms with van der Waals surface area (Å²) in [4.78, 5) is 0. The Morgan fingerprint density at radius 1 is 1.43 bits per heavy atom. The number of nitrogens with one attached hydrogen (secondary N) is 1. The summed E-state index contributed by atoms with van der Waals surface area (Å²) in [6.07, 6.45) is -2.88. The fraction of sp³-hybridized carbons (Fsp3) is 1.00. The summed E-state index contributed by atoms with van der Waals surface area (Å²) in [5.41, 5.74) is 5.26. The van der Waals surface area contributed by atoms with Gasteiger partial charge in [-0.15, -0.1) is 0 Å². The number of hydrogen-bond acceptors (Lipinski definition) is 3. The molecule has 0 radical (unpaired) electrons. The highest BCUT2D eigenvalue weighted by Gasteiger charge is 2.27. The fourth-order valence-corrected chi connectivity index (χ4v) is 1.07. The average molecular weight is 214 g/mol. The van der Waals surface area contributed by atoms with Crippen LogP contribution in [0.4, 0.5) is 13.2 Å². The molecule has 0 aromatic rings. The molecule has 86 valence electrons. The molecule has 0 aliphatic heterocycles. The summed E-state index contributed by atoms with van der Waals surface area (Å²) in [7, 11) is 1.46. The van der Waals surface area contributed by atoms with Crippen LogP contribution in [0.5, 0.6) is 0 Å². The molecule has 0 fully saturated rings. The van der Waals surface area contributed by atoms with E-state index in [0.717, 1.165) is 0 Å². The van der Waals surface area contributed by atoms with Gasteiger partial charge in [0.05, 0.1) is 13.2 Å². The van der Waals surface area contributed by atoms with Crippen molar-refractivity contribution < 1.29 is 17.9 Å². The van der Waals surface area contributed by atoms with Gasteiger partial charge in [0.15, 0.2) is 0 Å². The number of halogens is 3. The van der Waals surface area contributed by atoms with E-state index in [1.54, 1.807) is 0 Å². The SMILES string of the molecule is COCC(CCCN)NCC(F)(F)F. The lowest BCUT2D eigenvalue weighted by atomic mass is 10.1. The number of alkyl halides is 3. The van der Waals surface area contributed by atoms with E-state index in [-0.39, 0.29) is 12.6 Å². The average Bonchev–Trinajstić information content (AvgIpc) is 2.08. The molecule has 0 bridgehead atoms. The fourth-order valence-electron chi connectivity index (χ4n) is 1.07. The van der Waals surface area contributed by atoms with Gasteiger partial charge >= 0.3 is 6.18 Å². The number of hydrogen-bond donors (Lipinski definition) is 2. The summed E-state index contributed by atoms with van der Waals surface area (Å²) in [5, 5.41) is 2.39. The summed E-state index contributed by atoms with van der Waals surface area (Å²) in [6.45, 7) is -0.227. The lowest BCUT2D eigenvalue weighted by Crippen LogP contribution is -2.39. The molecule has 0 aromatic heterocycles. The molecule has 0 rings (SSSR count). The van der Waals surface area contributed by atoms with Crippen LogP contribution in [0.3, 0.4) is 0 Å². The van der Waals surface area contributed by atoms with Crippen molar-refractivity contribution in [3.05, 3.63) is 0 Å². The van der Waals surface area contributed by atoms with Crippen LogP contribution < -0.4 is 11.1 Å². The van der Waals surface area contributed by atoms with Gasteiger partial charge in [0.1, 0.15) is 0 Å². The van der Waals surface area contributed by atoms with E-state index in [1.165, 1.54) is 7.11 Å². The predicted octanol–water partition coefficient (Wildman–Crippen LogP) is 0.892. The summed E-state index contributed by atoms with van der Waals surface area (Å²) in [6, 6.07) is -0.273. The molecule has 1 unspecified atom stereocenters. The molecule has 3 N–H and O–H groups in total. The van der Waals surface area contributed by atoms with Gasteiger partial charge < -0.3 is 15.8 Å². The second kappa shape index (κ2) is 7.03. The normalized spacial score (nSPS) is 14.4. The van der Waals surface area contributed by atoms with Crippen LogP contribution in [0.2, 0.25) is 0 Å². The third-order valence-corrected chi connectivity index (χ3v) is 1.72. The zero-order chi connectivity index (χ0) is 11.0. The molecule has 0 amide bonds. The maximum Gasteiger partial charge on any atom is 0.401 e. The zero-order valence-corrected chi connectivity index (χ0v) is 8.23. The molecule has 0 spiro atoms.